The number of amides is 1. The van der Waals surface area contributed by atoms with Crippen molar-refractivity contribution in [2.75, 3.05) is 13.1 Å². The molecule has 1 heterocycles. The molecular formula is C19H26N2O3S. The normalized spacial score (nSPS) is 12.2. The fourth-order valence-electron chi connectivity index (χ4n) is 2.53. The fourth-order valence-corrected chi connectivity index (χ4v) is 3.03. The summed E-state index contributed by atoms with van der Waals surface area (Å²) in [7, 11) is 0. The van der Waals surface area contributed by atoms with Crippen molar-refractivity contribution in [2.45, 2.75) is 39.4 Å². The van der Waals surface area contributed by atoms with Crippen molar-refractivity contribution in [3.63, 3.8) is 0 Å². The van der Waals surface area contributed by atoms with Gasteiger partial charge in [-0.15, -0.1) is 11.3 Å². The van der Waals surface area contributed by atoms with Crippen LogP contribution in [0.3, 0.4) is 0 Å². The Balaban J connectivity index is 1.83. The zero-order valence-electron chi connectivity index (χ0n) is 14.8. The summed E-state index contributed by atoms with van der Waals surface area (Å²) in [6.07, 6.45) is 2.13. The summed E-state index contributed by atoms with van der Waals surface area (Å²) in [4.78, 5) is 18.8. The number of aromatic nitrogens is 1. The first kappa shape index (κ1) is 19.4. The van der Waals surface area contributed by atoms with Gasteiger partial charge in [0, 0.05) is 19.3 Å². The molecule has 0 fully saturated rings. The summed E-state index contributed by atoms with van der Waals surface area (Å²) in [5, 5.41) is 10.3. The molecule has 0 saturated heterocycles. The smallest absolute Gasteiger partial charge is 0.410 e. The van der Waals surface area contributed by atoms with Crippen LogP contribution in [0.4, 0.5) is 4.79 Å². The van der Waals surface area contributed by atoms with Gasteiger partial charge >= 0.3 is 6.09 Å². The third kappa shape index (κ3) is 7.23. The molecule has 136 valence electrons. The number of aliphatic hydroxyl groups excluding tert-OH is 1. The predicted molar refractivity (Wildman–Crippen MR) is 99.5 cm³/mol. The lowest BCUT2D eigenvalue weighted by molar-refractivity contribution is 0.0624. The Bertz CT molecular complexity index is 617. The number of hydrogen-bond acceptors (Lipinski definition) is 5. The van der Waals surface area contributed by atoms with Gasteiger partial charge in [0.05, 0.1) is 16.5 Å². The number of aliphatic hydroxyl groups is 1. The van der Waals surface area contributed by atoms with E-state index in [9.17, 15) is 9.90 Å². The van der Waals surface area contributed by atoms with Crippen LogP contribution in [0.1, 0.15) is 30.7 Å². The molecule has 2 rings (SSSR count). The van der Waals surface area contributed by atoms with E-state index in [0.29, 0.717) is 18.9 Å². The average molecular weight is 362 g/mol. The van der Waals surface area contributed by atoms with Crippen molar-refractivity contribution in [1.29, 1.82) is 0 Å². The highest BCUT2D eigenvalue weighted by Gasteiger charge is 2.20. The molecular weight excluding hydrogens is 336 g/mol. The van der Waals surface area contributed by atoms with Crippen LogP contribution in [0.25, 0.3) is 0 Å². The van der Waals surface area contributed by atoms with Crippen LogP contribution in [0.5, 0.6) is 0 Å². The molecule has 1 amide bonds. The van der Waals surface area contributed by atoms with Gasteiger partial charge in [-0.05, 0) is 24.3 Å². The number of aryl methyl sites for hydroxylation is 1. The molecule has 0 spiro atoms. The quantitative estimate of drug-likeness (QED) is 0.738. The first-order chi connectivity index (χ1) is 12.0. The molecule has 2 aromatic rings. The van der Waals surface area contributed by atoms with Crippen LogP contribution in [0.15, 0.2) is 42.0 Å². The second kappa shape index (κ2) is 10.2. The first-order valence-corrected chi connectivity index (χ1v) is 9.43. The number of nitrogens with zero attached hydrogens (tertiary/aromatic N) is 2. The zero-order valence-corrected chi connectivity index (χ0v) is 15.6. The molecule has 0 aliphatic rings. The maximum absolute atomic E-state index is 12.4. The summed E-state index contributed by atoms with van der Waals surface area (Å²) in [5.74, 6) is 0.303. The molecule has 1 N–H and O–H groups in total. The van der Waals surface area contributed by atoms with E-state index >= 15 is 0 Å². The molecule has 0 aliphatic carbocycles. The highest BCUT2D eigenvalue weighted by Crippen LogP contribution is 2.11. The van der Waals surface area contributed by atoms with Crippen molar-refractivity contribution in [1.82, 2.24) is 9.88 Å². The van der Waals surface area contributed by atoms with Crippen molar-refractivity contribution in [3.8, 4) is 0 Å². The van der Waals surface area contributed by atoms with E-state index < -0.39 is 6.10 Å². The third-order valence-electron chi connectivity index (χ3n) is 3.71. The Morgan fingerprint density at radius 2 is 2.04 bits per heavy atom. The summed E-state index contributed by atoms with van der Waals surface area (Å²) in [6.45, 7) is 5.15. The second-order valence-electron chi connectivity index (χ2n) is 6.50. The van der Waals surface area contributed by atoms with Crippen LogP contribution in [-0.4, -0.2) is 40.3 Å². The van der Waals surface area contributed by atoms with Crippen molar-refractivity contribution < 1.29 is 14.6 Å². The summed E-state index contributed by atoms with van der Waals surface area (Å²) in [6, 6.07) is 10.0. The average Bonchev–Trinajstić information content (AvgIpc) is 3.11. The number of ether oxygens (including phenoxy) is 1. The minimum absolute atomic E-state index is 0.220. The predicted octanol–water partition coefficient (Wildman–Crippen LogP) is 3.73. The highest BCUT2D eigenvalue weighted by molar-refractivity contribution is 7.09. The molecule has 1 unspecified atom stereocenters. The third-order valence-corrected chi connectivity index (χ3v) is 4.46. The van der Waals surface area contributed by atoms with Gasteiger partial charge in [0.2, 0.25) is 0 Å². The topological polar surface area (TPSA) is 62.7 Å². The first-order valence-electron chi connectivity index (χ1n) is 8.55. The number of benzene rings is 1. The van der Waals surface area contributed by atoms with Crippen molar-refractivity contribution in [2.24, 2.45) is 5.92 Å². The van der Waals surface area contributed by atoms with E-state index in [1.807, 2.05) is 44.2 Å². The number of carbonyl (C=O) groups excluding carboxylic acids is 1. The Hall–Kier alpha value is -1.92. The van der Waals surface area contributed by atoms with E-state index in [4.69, 9.17) is 4.74 Å². The molecule has 1 atom stereocenters. The van der Waals surface area contributed by atoms with Gasteiger partial charge in [0.25, 0.3) is 0 Å². The molecule has 1 aromatic carbocycles. The Kier molecular flexibility index (Phi) is 7.88. The molecule has 0 saturated carbocycles. The van der Waals surface area contributed by atoms with Crippen LogP contribution < -0.4 is 0 Å². The van der Waals surface area contributed by atoms with E-state index in [1.54, 1.807) is 16.6 Å². The van der Waals surface area contributed by atoms with Gasteiger partial charge in [-0.25, -0.2) is 4.79 Å². The van der Waals surface area contributed by atoms with Gasteiger partial charge in [-0.2, -0.15) is 0 Å². The number of carbonyl (C=O) groups is 1. The van der Waals surface area contributed by atoms with E-state index in [2.05, 4.69) is 4.98 Å². The van der Waals surface area contributed by atoms with Gasteiger partial charge in [-0.1, -0.05) is 44.2 Å². The maximum Gasteiger partial charge on any atom is 0.410 e. The summed E-state index contributed by atoms with van der Waals surface area (Å²) >= 11 is 1.45. The Morgan fingerprint density at radius 1 is 1.28 bits per heavy atom. The van der Waals surface area contributed by atoms with Gasteiger partial charge in [0.1, 0.15) is 6.61 Å². The van der Waals surface area contributed by atoms with Gasteiger partial charge in [-0.3, -0.25) is 4.98 Å². The monoisotopic (exact) mass is 362 g/mol. The van der Waals surface area contributed by atoms with Crippen molar-refractivity contribution >= 4 is 17.4 Å². The Morgan fingerprint density at radius 3 is 2.68 bits per heavy atom. The minimum atomic E-state index is -0.574. The SMILES string of the molecule is CC(C)CN(CC(O)CCc1ccccc1)C(=O)OCc1cncs1. The largest absolute Gasteiger partial charge is 0.444 e. The summed E-state index contributed by atoms with van der Waals surface area (Å²) in [5.41, 5.74) is 2.90. The molecule has 25 heavy (non-hydrogen) atoms. The van der Waals surface area contributed by atoms with Crippen LogP contribution in [0.2, 0.25) is 0 Å². The fraction of sp³-hybridized carbons (Fsp3) is 0.474. The summed E-state index contributed by atoms with van der Waals surface area (Å²) < 4.78 is 5.36. The molecule has 0 aliphatic heterocycles. The van der Waals surface area contributed by atoms with Gasteiger partial charge in [0.15, 0.2) is 0 Å². The number of thiazole rings is 1. The minimum Gasteiger partial charge on any atom is -0.444 e. The van der Waals surface area contributed by atoms with Crippen LogP contribution in [0, 0.1) is 5.92 Å². The molecule has 0 bridgehead atoms. The molecule has 1 aromatic heterocycles. The lowest BCUT2D eigenvalue weighted by Crippen LogP contribution is -2.40. The lowest BCUT2D eigenvalue weighted by Gasteiger charge is -2.26. The van der Waals surface area contributed by atoms with Crippen LogP contribution >= 0.6 is 11.3 Å². The van der Waals surface area contributed by atoms with Crippen LogP contribution in [-0.2, 0) is 17.8 Å². The van der Waals surface area contributed by atoms with E-state index in [1.165, 1.54) is 16.9 Å². The van der Waals surface area contributed by atoms with E-state index in [-0.39, 0.29) is 19.2 Å². The second-order valence-corrected chi connectivity index (χ2v) is 7.47. The maximum atomic E-state index is 12.4. The van der Waals surface area contributed by atoms with Gasteiger partial charge < -0.3 is 14.7 Å². The number of rotatable bonds is 9. The molecule has 0 radical (unpaired) electrons. The standard InChI is InChI=1S/C19H26N2O3S/c1-15(2)11-21(19(23)24-13-18-10-20-14-25-18)12-17(22)9-8-16-6-4-3-5-7-16/h3-7,10,14-15,17,22H,8-9,11-13H2,1-2H3. The molecule has 6 heteroatoms. The molecule has 5 nitrogen and oxygen atoms in total. The van der Waals surface area contributed by atoms with Crippen molar-refractivity contribution in [3.05, 3.63) is 52.5 Å². The zero-order chi connectivity index (χ0) is 18.1. The van der Waals surface area contributed by atoms with E-state index in [0.717, 1.165) is 11.3 Å². The highest BCUT2D eigenvalue weighted by atomic mass is 32.1. The number of hydrogen-bond donors (Lipinski definition) is 1. The lowest BCUT2D eigenvalue weighted by atomic mass is 10.1. The Labute approximate surface area is 153 Å².